The van der Waals surface area contributed by atoms with Crippen LogP contribution in [0.2, 0.25) is 0 Å². The molecule has 16 bridgehead atoms. The van der Waals surface area contributed by atoms with E-state index in [1.165, 1.54) is 159 Å². The van der Waals surface area contributed by atoms with Crippen molar-refractivity contribution >= 4 is 5.78 Å². The summed E-state index contributed by atoms with van der Waals surface area (Å²) in [5.74, 6) is 28.9. The second kappa shape index (κ2) is 41.8. The fraction of sp³-hybridized carbons (Fsp3) is 0.964. The van der Waals surface area contributed by atoms with Crippen molar-refractivity contribution < 1.29 is 4.79 Å². The van der Waals surface area contributed by atoms with Crippen LogP contribution in [0.1, 0.15) is 369 Å². The number of hydrogen-bond acceptors (Lipinski definition) is 1. The van der Waals surface area contributed by atoms with Gasteiger partial charge in [-0.15, -0.1) is 0 Å². The van der Waals surface area contributed by atoms with E-state index in [0.717, 1.165) is 41.4 Å². The van der Waals surface area contributed by atoms with Crippen LogP contribution in [-0.2, 0) is 4.79 Å². The molecule has 1 heteroatoms. The lowest BCUT2D eigenvalue weighted by Crippen LogP contribution is -3.00. The van der Waals surface area contributed by atoms with Crippen molar-refractivity contribution in [1.29, 1.82) is 0 Å². The lowest BCUT2D eigenvalue weighted by Gasteiger charge is -3.03. The van der Waals surface area contributed by atoms with E-state index in [1.54, 1.807) is 173 Å². The van der Waals surface area contributed by atoms with Crippen LogP contribution in [0.25, 0.3) is 0 Å². The summed E-state index contributed by atoms with van der Waals surface area (Å²) in [6.45, 7) is 38.1. The van der Waals surface area contributed by atoms with E-state index >= 15 is 0 Å². The Morgan fingerprint density at radius 2 is 0.435 bits per heavy atom. The van der Waals surface area contributed by atoms with Crippen LogP contribution < -0.4 is 0 Å². The van der Waals surface area contributed by atoms with Gasteiger partial charge in [0.2, 0.25) is 0 Å². The molecular formula is C84H158O. The highest BCUT2D eigenvalue weighted by molar-refractivity contribution is 5.84. The highest BCUT2D eigenvalue weighted by Crippen LogP contribution is 3.00. The van der Waals surface area contributed by atoms with Gasteiger partial charge in [-0.25, -0.2) is 0 Å². The molecule has 0 aromatic rings. The van der Waals surface area contributed by atoms with E-state index in [0.29, 0.717) is 17.6 Å². The summed E-state index contributed by atoms with van der Waals surface area (Å²) >= 11 is 0. The molecule has 0 radical (unpaired) electrons. The first-order valence-corrected chi connectivity index (χ1v) is 41.2. The molecule has 28 rings (SSSR count). The summed E-state index contributed by atoms with van der Waals surface area (Å²) < 4.78 is 0. The molecule has 3 unspecified atom stereocenters. The first-order chi connectivity index (χ1) is 41.9. The topological polar surface area (TPSA) is 17.1 Å². The van der Waals surface area contributed by atoms with Crippen molar-refractivity contribution in [3.63, 3.8) is 0 Å². The van der Waals surface area contributed by atoms with Crippen molar-refractivity contribution in [2.45, 2.75) is 369 Å². The molecule has 28 aliphatic rings. The average molecular weight is 1180 g/mol. The summed E-state index contributed by atoms with van der Waals surface area (Å²) in [6, 6.07) is 0. The minimum absolute atomic E-state index is 0.396. The van der Waals surface area contributed by atoms with Gasteiger partial charge < -0.3 is 0 Å². The minimum Gasteiger partial charge on any atom is -0.299 e. The molecule has 28 aliphatic carbocycles. The zero-order chi connectivity index (χ0) is 62.6. The summed E-state index contributed by atoms with van der Waals surface area (Å²) in [5, 5.41) is 0. The summed E-state index contributed by atoms with van der Waals surface area (Å²) in [7, 11) is 0. The lowest BCUT2D eigenvalue weighted by molar-refractivity contribution is -0.565. The highest BCUT2D eigenvalue weighted by Gasteiger charge is 2.97. The number of carbonyl (C=O) groups is 1. The number of allylic oxidation sites excluding steroid dienone is 2. The summed E-state index contributed by atoms with van der Waals surface area (Å²) in [6.07, 6.45) is 61.1. The zero-order valence-corrected chi connectivity index (χ0v) is 61.7. The number of Topliss-reactive ketones (excluding diaryl/α,β-unsaturated/α-hetero) is 1. The van der Waals surface area contributed by atoms with Crippen molar-refractivity contribution in [3.8, 4) is 0 Å². The smallest absolute Gasteiger partial charge is 0.139 e. The van der Waals surface area contributed by atoms with Crippen molar-refractivity contribution in [1.82, 2.24) is 0 Å². The fourth-order valence-electron chi connectivity index (χ4n) is 21.6. The molecule has 0 aliphatic heterocycles. The number of rotatable bonds is 0. The van der Waals surface area contributed by atoms with Crippen LogP contribution >= 0.6 is 0 Å². The van der Waals surface area contributed by atoms with E-state index in [2.05, 4.69) is 19.1 Å². The SMILES string of the molecule is C12C3C4C1C1C2C3C41.C1=CC2CCC1CC2.C1C2CC1C2.C1CC2CC(C1)C2.C1CC2CC1C2.C1CC2CCC(C1)C2.C1CC2CCC1C2.C1CC2CCC1CC2.CC.CC.CC.CC.CC.CC.CC.CC.CC.CC1C(=O)C2CCC1CC2. The summed E-state index contributed by atoms with van der Waals surface area (Å²) in [4.78, 5) is 11.4. The third-order valence-corrected chi connectivity index (χ3v) is 26.5. The number of ketones is 1. The van der Waals surface area contributed by atoms with Crippen LogP contribution in [-0.4, -0.2) is 5.78 Å². The van der Waals surface area contributed by atoms with Gasteiger partial charge in [0.05, 0.1) is 0 Å². The normalized spacial score (nSPS) is 43.7. The van der Waals surface area contributed by atoms with Crippen molar-refractivity contribution in [3.05, 3.63) is 12.2 Å². The molecular weight excluding hydrogens is 1020 g/mol. The Morgan fingerprint density at radius 1 is 0.235 bits per heavy atom. The Balaban J connectivity index is 0.000000199. The second-order valence-electron chi connectivity index (χ2n) is 29.9. The second-order valence-corrected chi connectivity index (χ2v) is 29.9. The highest BCUT2D eigenvalue weighted by atomic mass is 16.1. The van der Waals surface area contributed by atoms with Gasteiger partial charge in [0, 0.05) is 11.8 Å². The van der Waals surface area contributed by atoms with Crippen LogP contribution in [0.3, 0.4) is 0 Å². The molecule has 0 N–H and O–H groups in total. The predicted molar refractivity (Wildman–Crippen MR) is 380 cm³/mol. The standard InChI is InChI=1S/C9H14O.C8H8.C8H14.C8H12.C8H14.2C7H12.C6H10.C5H8.9C2H6/c1-6-7-2-4-8(5-3-7)9(6)10;1-2-5-3(1)7-4(1)6(2)8(5)7;2*1-2-8-5-3-7(1)4-6-8;1-2-7-4-5-8(3-1)6-7;1-2-7-4-3-6(1)5-7;1-2-6-4-7(3-1)5-6;1-2-6-3-5(1)4-6;1-4-2-5(1)3-4;9*1-2/h6-8H,2-5H2,1H3;1-8H;7-8H,1-6H2;1-2,7-8H,3-6H2;7-8H,1-6H2;2*6-7H,1-5H2;5-6H,1-4H2;4-5H,1-3H2;9*1-2H3. The third-order valence-electron chi connectivity index (χ3n) is 26.5. The maximum Gasteiger partial charge on any atom is 0.139 e. The molecule has 0 aromatic heterocycles. The van der Waals surface area contributed by atoms with E-state index in [1.807, 2.05) is 125 Å². The molecule has 0 heterocycles. The Bertz CT molecular complexity index is 1430. The van der Waals surface area contributed by atoms with Gasteiger partial charge in [-0.2, -0.15) is 0 Å². The first-order valence-electron chi connectivity index (χ1n) is 41.2. The van der Waals surface area contributed by atoms with E-state index < -0.39 is 0 Å². The Morgan fingerprint density at radius 3 is 0.565 bits per heavy atom. The quantitative estimate of drug-likeness (QED) is 0.221. The molecule has 500 valence electrons. The largest absolute Gasteiger partial charge is 0.299 e. The molecule has 0 spiro atoms. The van der Waals surface area contributed by atoms with E-state index in [-0.39, 0.29) is 0 Å². The van der Waals surface area contributed by atoms with Crippen molar-refractivity contribution in [2.24, 2.45) is 148 Å². The van der Waals surface area contributed by atoms with Crippen LogP contribution in [0.15, 0.2) is 12.2 Å². The summed E-state index contributed by atoms with van der Waals surface area (Å²) in [5.41, 5.74) is 0. The Kier molecular flexibility index (Phi) is 37.8. The van der Waals surface area contributed by atoms with E-state index in [9.17, 15) is 4.79 Å². The van der Waals surface area contributed by atoms with Crippen LogP contribution in [0.5, 0.6) is 0 Å². The average Bonchev–Trinajstić information content (AvgIpc) is 0.721. The maximum atomic E-state index is 11.4. The molecule has 1 nitrogen and oxygen atoms in total. The number of hydrogen-bond donors (Lipinski definition) is 0. The monoisotopic (exact) mass is 1180 g/mol. The van der Waals surface area contributed by atoms with Gasteiger partial charge >= 0.3 is 0 Å². The number of carbonyl (C=O) groups excluding carboxylic acids is 1. The van der Waals surface area contributed by atoms with Gasteiger partial charge in [0.15, 0.2) is 0 Å². The van der Waals surface area contributed by atoms with E-state index in [4.69, 9.17) is 0 Å². The molecule has 0 aromatic carbocycles. The fourth-order valence-corrected chi connectivity index (χ4v) is 21.6. The molecule has 0 amide bonds. The molecule has 26 fully saturated rings. The lowest BCUT2D eigenvalue weighted by atomic mass is 9.01. The van der Waals surface area contributed by atoms with Gasteiger partial charge in [-0.05, 0) is 245 Å². The minimum atomic E-state index is 0.396. The zero-order valence-electron chi connectivity index (χ0n) is 61.7. The Labute approximate surface area is 536 Å². The van der Waals surface area contributed by atoms with Gasteiger partial charge in [-0.3, -0.25) is 4.79 Å². The van der Waals surface area contributed by atoms with Crippen molar-refractivity contribution in [2.75, 3.05) is 0 Å². The van der Waals surface area contributed by atoms with Gasteiger partial charge in [0.1, 0.15) is 5.78 Å². The molecule has 26 saturated carbocycles. The third kappa shape index (κ3) is 19.7. The van der Waals surface area contributed by atoms with Gasteiger partial charge in [0.25, 0.3) is 0 Å². The predicted octanol–water partition coefficient (Wildman–Crippen LogP) is 27.4. The molecule has 85 heavy (non-hydrogen) atoms. The maximum absolute atomic E-state index is 11.4. The van der Waals surface area contributed by atoms with Crippen LogP contribution in [0, 0.1) is 148 Å². The van der Waals surface area contributed by atoms with Crippen LogP contribution in [0.4, 0.5) is 0 Å². The first kappa shape index (κ1) is 76.9. The number of fused-ring (bicyclic) bond motifs is 15. The molecule has 0 saturated heterocycles. The van der Waals surface area contributed by atoms with Gasteiger partial charge in [-0.1, -0.05) is 272 Å². The molecule has 3 atom stereocenters. The Hall–Kier alpha value is -0.590.